The highest BCUT2D eigenvalue weighted by atomic mass is 16.2. The molecule has 3 heteroatoms. The van der Waals surface area contributed by atoms with Crippen molar-refractivity contribution in [2.45, 2.75) is 53.5 Å². The monoisotopic (exact) mass is 303 g/mol. The fourth-order valence-electron chi connectivity index (χ4n) is 2.31. The van der Waals surface area contributed by atoms with Crippen molar-refractivity contribution >= 4 is 11.7 Å². The van der Waals surface area contributed by atoms with Gasteiger partial charge < -0.3 is 5.32 Å². The van der Waals surface area contributed by atoms with Gasteiger partial charge in [-0.1, -0.05) is 71.0 Å². The number of Topliss-reactive ketones (excluding diaryl/α,β-unsaturated/α-hetero) is 1. The summed E-state index contributed by atoms with van der Waals surface area (Å²) in [6.45, 7) is 9.87. The molecule has 0 saturated heterocycles. The smallest absolute Gasteiger partial charge is 0.223 e. The van der Waals surface area contributed by atoms with Gasteiger partial charge in [-0.3, -0.25) is 9.59 Å². The van der Waals surface area contributed by atoms with Crippen molar-refractivity contribution in [3.05, 3.63) is 36.4 Å². The van der Waals surface area contributed by atoms with E-state index in [0.717, 1.165) is 6.42 Å². The number of hydrogen-bond donors (Lipinski definition) is 1. The zero-order chi connectivity index (χ0) is 16.8. The number of benzene rings is 1. The lowest BCUT2D eigenvalue weighted by Crippen LogP contribution is -2.49. The number of rotatable bonds is 4. The second-order valence-electron chi connectivity index (χ2n) is 7.10. The summed E-state index contributed by atoms with van der Waals surface area (Å²) < 4.78 is 0. The van der Waals surface area contributed by atoms with Gasteiger partial charge in [0.25, 0.3) is 0 Å². The van der Waals surface area contributed by atoms with Gasteiger partial charge in [0.15, 0.2) is 5.78 Å². The average molecular weight is 303 g/mol. The van der Waals surface area contributed by atoms with Crippen LogP contribution in [0.4, 0.5) is 0 Å². The molecule has 0 aliphatic heterocycles. The largest absolute Gasteiger partial charge is 0.346 e. The van der Waals surface area contributed by atoms with Gasteiger partial charge in [-0.2, -0.15) is 0 Å². The summed E-state index contributed by atoms with van der Waals surface area (Å²) in [5, 5.41) is 2.91. The molecule has 1 amide bonds. The lowest BCUT2D eigenvalue weighted by atomic mass is 9.83. The molecule has 0 bridgehead atoms. The third-order valence-corrected chi connectivity index (χ3v) is 3.94. The van der Waals surface area contributed by atoms with Crippen LogP contribution in [-0.2, 0) is 9.59 Å². The minimum absolute atomic E-state index is 0.0502. The van der Waals surface area contributed by atoms with Crippen LogP contribution in [0.1, 0.15) is 47.5 Å². The maximum Gasteiger partial charge on any atom is 0.223 e. The molecule has 1 aliphatic carbocycles. The van der Waals surface area contributed by atoms with Gasteiger partial charge in [-0.05, 0) is 17.8 Å². The van der Waals surface area contributed by atoms with E-state index in [4.69, 9.17) is 0 Å². The fraction of sp³-hybridized carbons (Fsp3) is 0.579. The molecule has 1 aliphatic rings. The van der Waals surface area contributed by atoms with Crippen molar-refractivity contribution in [2.24, 2.45) is 17.3 Å². The molecule has 1 aromatic rings. The number of hydrogen-bond acceptors (Lipinski definition) is 2. The Morgan fingerprint density at radius 3 is 1.77 bits per heavy atom. The summed E-state index contributed by atoms with van der Waals surface area (Å²) in [6.07, 6.45) is 1.44. The van der Waals surface area contributed by atoms with Gasteiger partial charge in [0.2, 0.25) is 5.91 Å². The zero-order valence-electron chi connectivity index (χ0n) is 14.4. The highest BCUT2D eigenvalue weighted by Gasteiger charge is 2.41. The topological polar surface area (TPSA) is 46.2 Å². The van der Waals surface area contributed by atoms with E-state index in [1.165, 1.54) is 0 Å². The molecule has 0 spiro atoms. The third kappa shape index (κ3) is 6.00. The summed E-state index contributed by atoms with van der Waals surface area (Å²) >= 11 is 0. The highest BCUT2D eigenvalue weighted by molar-refractivity contribution is 5.91. The van der Waals surface area contributed by atoms with E-state index in [9.17, 15) is 9.59 Å². The Kier molecular flexibility index (Phi) is 6.79. The number of amides is 1. The molecule has 1 fully saturated rings. The van der Waals surface area contributed by atoms with E-state index >= 15 is 0 Å². The van der Waals surface area contributed by atoms with Crippen LogP contribution in [0.3, 0.4) is 0 Å². The molecular weight excluding hydrogens is 274 g/mol. The van der Waals surface area contributed by atoms with E-state index in [2.05, 4.69) is 12.2 Å². The molecular formula is C19H29NO2. The quantitative estimate of drug-likeness (QED) is 0.918. The van der Waals surface area contributed by atoms with Gasteiger partial charge in [0.05, 0.1) is 6.04 Å². The first kappa shape index (κ1) is 18.4. The minimum atomic E-state index is -0.349. The maximum atomic E-state index is 11.8. The number of nitrogens with one attached hydrogen (secondary N) is 1. The zero-order valence-corrected chi connectivity index (χ0v) is 14.4. The van der Waals surface area contributed by atoms with Gasteiger partial charge in [-0.25, -0.2) is 0 Å². The second-order valence-corrected chi connectivity index (χ2v) is 7.10. The Morgan fingerprint density at radius 1 is 1.09 bits per heavy atom. The van der Waals surface area contributed by atoms with Crippen LogP contribution in [-0.4, -0.2) is 17.7 Å². The van der Waals surface area contributed by atoms with Gasteiger partial charge in [-0.15, -0.1) is 0 Å². The van der Waals surface area contributed by atoms with E-state index in [1.54, 1.807) is 0 Å². The molecule has 0 heterocycles. The van der Waals surface area contributed by atoms with Gasteiger partial charge in [0.1, 0.15) is 0 Å². The van der Waals surface area contributed by atoms with E-state index < -0.39 is 0 Å². The Hall–Kier alpha value is -1.64. The van der Waals surface area contributed by atoms with Crippen LogP contribution in [0.25, 0.3) is 0 Å². The van der Waals surface area contributed by atoms with E-state index in [1.807, 2.05) is 64.1 Å². The van der Waals surface area contributed by atoms with Crippen LogP contribution >= 0.6 is 0 Å². The van der Waals surface area contributed by atoms with Crippen LogP contribution in [0, 0.1) is 17.3 Å². The number of ketones is 1. The van der Waals surface area contributed by atoms with Gasteiger partial charge >= 0.3 is 0 Å². The average Bonchev–Trinajstić information content (AvgIpc) is 3.22. The van der Waals surface area contributed by atoms with Crippen molar-refractivity contribution in [1.29, 1.82) is 0 Å². The molecule has 22 heavy (non-hydrogen) atoms. The number of carbonyl (C=O) groups is 2. The first-order valence-corrected chi connectivity index (χ1v) is 8.10. The predicted octanol–water partition coefficient (Wildman–Crippen LogP) is 3.84. The summed E-state index contributed by atoms with van der Waals surface area (Å²) in [5.74, 6) is 0.787. The lowest BCUT2D eigenvalue weighted by molar-refractivity contribution is -0.130. The molecule has 3 nitrogen and oxygen atoms in total. The van der Waals surface area contributed by atoms with Crippen LogP contribution in [0.5, 0.6) is 0 Å². The second kappa shape index (κ2) is 8.11. The highest BCUT2D eigenvalue weighted by Crippen LogP contribution is 2.38. The first-order valence-electron chi connectivity index (χ1n) is 8.10. The summed E-state index contributed by atoms with van der Waals surface area (Å²) in [6, 6.07) is 11.7. The molecule has 1 aromatic carbocycles. The summed E-state index contributed by atoms with van der Waals surface area (Å²) in [5.41, 5.74) is -0.207. The Bertz CT molecular complexity index is 449. The Morgan fingerprint density at radius 2 is 1.50 bits per heavy atom. The molecule has 2 unspecified atom stereocenters. The maximum absolute atomic E-state index is 11.8. The van der Waals surface area contributed by atoms with Crippen LogP contribution in [0.2, 0.25) is 0 Å². The minimum Gasteiger partial charge on any atom is -0.346 e. The van der Waals surface area contributed by atoms with Crippen molar-refractivity contribution in [3.63, 3.8) is 0 Å². The molecule has 0 aromatic heterocycles. The fourth-order valence-corrected chi connectivity index (χ4v) is 2.31. The molecule has 3 atom stereocenters. The standard InChI is InChI=1S/C13H23NO2.C6H6/c1-6-10(15)11(13(3,4)5)14-12(16)9-7-8(9)2;1-2-4-6-5-3-1/h8-9,11H,6-7H2,1-5H3,(H,14,16);1-6H/t8-,9?,11?;/m1./s1. The number of carbonyl (C=O) groups excluding carboxylic acids is 2. The van der Waals surface area contributed by atoms with E-state index in [0.29, 0.717) is 12.3 Å². The van der Waals surface area contributed by atoms with E-state index in [-0.39, 0.29) is 29.1 Å². The van der Waals surface area contributed by atoms with Crippen molar-refractivity contribution in [2.75, 3.05) is 0 Å². The van der Waals surface area contributed by atoms with Crippen molar-refractivity contribution < 1.29 is 9.59 Å². The molecule has 1 saturated carbocycles. The van der Waals surface area contributed by atoms with Crippen LogP contribution in [0.15, 0.2) is 36.4 Å². The Labute approximate surface area is 134 Å². The van der Waals surface area contributed by atoms with Crippen LogP contribution < -0.4 is 5.32 Å². The molecule has 0 radical (unpaired) electrons. The SMILES string of the molecule is CCC(=O)C(NC(=O)C1C[C@H]1C)C(C)(C)C.c1ccccc1. The summed E-state index contributed by atoms with van der Waals surface area (Å²) in [4.78, 5) is 23.6. The normalized spacial score (nSPS) is 21.1. The molecule has 122 valence electrons. The van der Waals surface area contributed by atoms with Crippen molar-refractivity contribution in [1.82, 2.24) is 5.32 Å². The van der Waals surface area contributed by atoms with Gasteiger partial charge in [0, 0.05) is 12.3 Å². The molecule has 2 rings (SSSR count). The third-order valence-electron chi connectivity index (χ3n) is 3.94. The summed E-state index contributed by atoms with van der Waals surface area (Å²) in [7, 11) is 0. The Balaban J connectivity index is 0.000000335. The molecule has 1 N–H and O–H groups in total. The lowest BCUT2D eigenvalue weighted by Gasteiger charge is -2.30. The van der Waals surface area contributed by atoms with Crippen molar-refractivity contribution in [3.8, 4) is 0 Å². The predicted molar refractivity (Wildman–Crippen MR) is 90.4 cm³/mol. The first-order chi connectivity index (χ1) is 10.3.